The molecule has 206 valence electrons. The first kappa shape index (κ1) is 30.8. The lowest BCUT2D eigenvalue weighted by Crippen LogP contribution is -2.46. The molecule has 2 aliphatic heterocycles. The Morgan fingerprint density at radius 1 is 1.05 bits per heavy atom. The minimum Gasteiger partial charge on any atom is -0.334 e. The van der Waals surface area contributed by atoms with Crippen LogP contribution in [0.1, 0.15) is 106 Å². The van der Waals surface area contributed by atoms with Crippen LogP contribution in [0.3, 0.4) is 0 Å². The van der Waals surface area contributed by atoms with Crippen LogP contribution >= 0.6 is 0 Å². The van der Waals surface area contributed by atoms with E-state index in [1.165, 1.54) is 44.9 Å². The molecule has 0 aromatic rings. The van der Waals surface area contributed by atoms with Crippen LogP contribution in [0, 0.1) is 16.7 Å². The molecule has 1 saturated heterocycles. The monoisotopic (exact) mass is 509 g/mol. The van der Waals surface area contributed by atoms with Crippen LogP contribution in [-0.4, -0.2) is 36.0 Å². The highest BCUT2D eigenvalue weighted by Crippen LogP contribution is 2.59. The smallest absolute Gasteiger partial charge is 0.313 e. The fraction of sp³-hybridized carbons (Fsp3) is 0.656. The highest BCUT2D eigenvalue weighted by molar-refractivity contribution is 6.35. The lowest BCUT2D eigenvalue weighted by atomic mass is 9.66. The first-order valence-corrected chi connectivity index (χ1v) is 14.7. The minimum absolute atomic E-state index is 0.141. The standard InChI is InChI=1S/C21H25N3O2.C9H20.C2H6/c1-14-5-4-10-24(12-14)19(26)18(25)23-16-6-7-17-21(3)15(11-16)8-9-20(21,2)13-22-17;1-3-5-7-9-8-6-4-2;1-2/h6-9,11,13-14H,4-5,10,12H2,1-3H3,(H,23,25);3-9H2,1-2H3;1-2H3. The van der Waals surface area contributed by atoms with Gasteiger partial charge in [-0.15, -0.1) is 0 Å². The maximum Gasteiger partial charge on any atom is 0.313 e. The number of hydrogen-bond donors (Lipinski definition) is 1. The number of carbonyl (C=O) groups excluding carboxylic acids is 2. The third-order valence-corrected chi connectivity index (χ3v) is 8.08. The Hall–Kier alpha value is -2.43. The Labute approximate surface area is 226 Å². The number of carbonyl (C=O) groups is 2. The molecule has 3 unspecified atom stereocenters. The van der Waals surface area contributed by atoms with E-state index in [1.54, 1.807) is 4.90 Å². The molecule has 0 saturated carbocycles. The summed E-state index contributed by atoms with van der Waals surface area (Å²) >= 11 is 0. The molecule has 5 nitrogen and oxygen atoms in total. The summed E-state index contributed by atoms with van der Waals surface area (Å²) in [7, 11) is 0. The summed E-state index contributed by atoms with van der Waals surface area (Å²) in [6.45, 7) is 16.3. The summed E-state index contributed by atoms with van der Waals surface area (Å²) in [6.07, 6.45) is 24.0. The van der Waals surface area contributed by atoms with Crippen molar-refractivity contribution >= 4 is 18.0 Å². The van der Waals surface area contributed by atoms with E-state index in [0.29, 0.717) is 24.7 Å². The Balaban J connectivity index is 0.000000374. The number of rotatable bonds is 7. The molecular formula is C32H51N3O2. The highest BCUT2D eigenvalue weighted by Gasteiger charge is 2.53. The zero-order valence-corrected chi connectivity index (χ0v) is 24.5. The Bertz CT molecular complexity index is 936. The fourth-order valence-electron chi connectivity index (χ4n) is 5.43. The maximum atomic E-state index is 12.5. The summed E-state index contributed by atoms with van der Waals surface area (Å²) < 4.78 is 0. The van der Waals surface area contributed by atoms with Gasteiger partial charge in [0.2, 0.25) is 0 Å². The minimum atomic E-state index is -0.564. The molecule has 37 heavy (non-hydrogen) atoms. The number of amides is 2. The highest BCUT2D eigenvalue weighted by atomic mass is 16.2. The van der Waals surface area contributed by atoms with Crippen LogP contribution in [0.15, 0.2) is 52.3 Å². The Morgan fingerprint density at radius 2 is 1.70 bits per heavy atom. The van der Waals surface area contributed by atoms with Gasteiger partial charge >= 0.3 is 11.8 Å². The molecule has 3 atom stereocenters. The van der Waals surface area contributed by atoms with Crippen LogP contribution in [0.25, 0.3) is 0 Å². The van der Waals surface area contributed by atoms with Gasteiger partial charge in [0.05, 0.1) is 5.70 Å². The van der Waals surface area contributed by atoms with Crippen molar-refractivity contribution in [2.75, 3.05) is 13.1 Å². The van der Waals surface area contributed by atoms with Crippen molar-refractivity contribution in [1.29, 1.82) is 0 Å². The fourth-order valence-corrected chi connectivity index (χ4v) is 5.43. The second-order valence-corrected chi connectivity index (χ2v) is 11.0. The molecule has 0 radical (unpaired) electrons. The third-order valence-electron chi connectivity index (χ3n) is 8.08. The van der Waals surface area contributed by atoms with E-state index in [0.717, 1.165) is 24.1 Å². The molecule has 0 aromatic carbocycles. The van der Waals surface area contributed by atoms with E-state index >= 15 is 0 Å². The molecule has 4 rings (SSSR count). The molecular weight excluding hydrogens is 458 g/mol. The number of hydrogen-bond acceptors (Lipinski definition) is 3. The molecule has 4 aliphatic rings. The zero-order chi connectivity index (χ0) is 27.5. The molecule has 0 bridgehead atoms. The second kappa shape index (κ2) is 14.5. The Morgan fingerprint density at radius 3 is 2.32 bits per heavy atom. The van der Waals surface area contributed by atoms with Crippen LogP contribution in [0.5, 0.6) is 0 Å². The van der Waals surface area contributed by atoms with Crippen LogP contribution in [-0.2, 0) is 9.59 Å². The van der Waals surface area contributed by atoms with Gasteiger partial charge < -0.3 is 10.2 Å². The van der Waals surface area contributed by atoms with Gasteiger partial charge in [-0.3, -0.25) is 14.6 Å². The lowest BCUT2D eigenvalue weighted by Gasteiger charge is -2.34. The van der Waals surface area contributed by atoms with Crippen molar-refractivity contribution < 1.29 is 9.59 Å². The van der Waals surface area contributed by atoms with Gasteiger partial charge in [0.15, 0.2) is 0 Å². The lowest BCUT2D eigenvalue weighted by molar-refractivity contribution is -0.146. The summed E-state index contributed by atoms with van der Waals surface area (Å²) in [4.78, 5) is 31.2. The SMILES string of the molecule is CC.CC1CCCN(C(=O)C(=O)NC2=CC=C3N=CC4(C)C=CC(=C2)C34C)C1.CCCCCCCCC. The third kappa shape index (κ3) is 7.33. The summed E-state index contributed by atoms with van der Waals surface area (Å²) in [5.41, 5.74) is 2.36. The summed E-state index contributed by atoms with van der Waals surface area (Å²) in [6, 6.07) is 0. The van der Waals surface area contributed by atoms with E-state index in [9.17, 15) is 9.59 Å². The van der Waals surface area contributed by atoms with Gasteiger partial charge in [-0.2, -0.15) is 0 Å². The number of nitrogens with zero attached hydrogens (tertiary/aromatic N) is 2. The molecule has 5 heteroatoms. The molecule has 1 N–H and O–H groups in total. The average molecular weight is 510 g/mol. The van der Waals surface area contributed by atoms with Crippen LogP contribution in [0.4, 0.5) is 0 Å². The van der Waals surface area contributed by atoms with E-state index in [-0.39, 0.29) is 10.8 Å². The second-order valence-electron chi connectivity index (χ2n) is 11.0. The van der Waals surface area contributed by atoms with E-state index in [1.807, 2.05) is 38.3 Å². The number of nitrogens with one attached hydrogen (secondary N) is 1. The van der Waals surface area contributed by atoms with Crippen molar-refractivity contribution in [3.05, 3.63) is 47.3 Å². The number of aliphatic imine (C=N–C) groups is 1. The van der Waals surface area contributed by atoms with Crippen molar-refractivity contribution in [2.45, 2.75) is 106 Å². The number of likely N-dealkylation sites (tertiary alicyclic amines) is 1. The Kier molecular flexibility index (Phi) is 12.1. The molecule has 2 amide bonds. The van der Waals surface area contributed by atoms with Gasteiger partial charge in [-0.05, 0) is 56.4 Å². The zero-order valence-electron chi connectivity index (χ0n) is 24.5. The number of unbranched alkanes of at least 4 members (excludes halogenated alkanes) is 6. The van der Waals surface area contributed by atoms with Gasteiger partial charge in [-0.1, -0.05) is 91.7 Å². The van der Waals surface area contributed by atoms with Crippen LogP contribution < -0.4 is 5.32 Å². The first-order chi connectivity index (χ1) is 17.7. The largest absolute Gasteiger partial charge is 0.334 e. The summed E-state index contributed by atoms with van der Waals surface area (Å²) in [5.74, 6) is -0.557. The predicted octanol–water partition coefficient (Wildman–Crippen LogP) is 7.52. The van der Waals surface area contributed by atoms with Gasteiger partial charge in [0.25, 0.3) is 0 Å². The molecule has 1 fully saturated rings. The quantitative estimate of drug-likeness (QED) is 0.285. The molecule has 0 aromatic heterocycles. The van der Waals surface area contributed by atoms with Crippen molar-refractivity contribution in [1.82, 2.24) is 10.2 Å². The van der Waals surface area contributed by atoms with Crippen LogP contribution in [0.2, 0.25) is 0 Å². The topological polar surface area (TPSA) is 61.8 Å². The van der Waals surface area contributed by atoms with E-state index < -0.39 is 11.8 Å². The van der Waals surface area contributed by atoms with Crippen molar-refractivity contribution in [2.24, 2.45) is 21.7 Å². The number of piperidine rings is 1. The normalized spacial score (nSPS) is 26.9. The maximum absolute atomic E-state index is 12.5. The van der Waals surface area contributed by atoms with E-state index in [2.05, 4.69) is 57.1 Å². The molecule has 2 heterocycles. The number of allylic oxidation sites excluding steroid dienone is 6. The van der Waals surface area contributed by atoms with Crippen molar-refractivity contribution in [3.8, 4) is 0 Å². The van der Waals surface area contributed by atoms with Gasteiger partial charge in [0.1, 0.15) is 0 Å². The molecule has 2 aliphatic carbocycles. The molecule has 0 spiro atoms. The first-order valence-electron chi connectivity index (χ1n) is 14.7. The predicted molar refractivity (Wildman–Crippen MR) is 156 cm³/mol. The van der Waals surface area contributed by atoms with Gasteiger partial charge in [0, 0.05) is 35.8 Å². The van der Waals surface area contributed by atoms with Crippen molar-refractivity contribution in [3.63, 3.8) is 0 Å². The van der Waals surface area contributed by atoms with Gasteiger partial charge in [-0.25, -0.2) is 0 Å². The van der Waals surface area contributed by atoms with E-state index in [4.69, 9.17) is 0 Å². The average Bonchev–Trinajstić information content (AvgIpc) is 3.22. The summed E-state index contributed by atoms with van der Waals surface area (Å²) in [5, 5.41) is 2.80.